The third-order valence-electron chi connectivity index (χ3n) is 6.65. The number of hydrogen-bond donors (Lipinski definition) is 1. The van der Waals surface area contributed by atoms with Gasteiger partial charge in [0.15, 0.2) is 0 Å². The number of nitrogens with one attached hydrogen (secondary N) is 1. The minimum atomic E-state index is 0.245. The number of aryl methyl sites for hydroxylation is 1. The van der Waals surface area contributed by atoms with Gasteiger partial charge in [-0.3, -0.25) is 0 Å². The highest BCUT2D eigenvalue weighted by atomic mass is 15.1. The molecule has 3 aromatic rings. The Bertz CT molecular complexity index is 914. The Hall–Kier alpha value is -2.42. The first-order valence-electron chi connectivity index (χ1n) is 13.9. The molecule has 0 aromatic heterocycles. The van der Waals surface area contributed by atoms with Crippen LogP contribution in [0, 0.1) is 0 Å². The smallest absolute Gasteiger partial charge is 0.0205 e. The first-order chi connectivity index (χ1) is 17.4. The van der Waals surface area contributed by atoms with Crippen LogP contribution in [0.5, 0.6) is 0 Å². The van der Waals surface area contributed by atoms with Crippen LogP contribution < -0.4 is 5.32 Å². The average molecular weight is 487 g/mol. The third-order valence-corrected chi connectivity index (χ3v) is 6.65. The van der Waals surface area contributed by atoms with Crippen molar-refractivity contribution in [2.24, 2.45) is 0 Å². The summed E-state index contributed by atoms with van der Waals surface area (Å²) >= 11 is 0. The number of likely N-dealkylation sites (tertiary alicyclic amines) is 1. The van der Waals surface area contributed by atoms with Crippen molar-refractivity contribution in [3.8, 4) is 0 Å². The fourth-order valence-electron chi connectivity index (χ4n) is 4.54. The first kappa shape index (κ1) is 29.8. The Morgan fingerprint density at radius 3 is 1.75 bits per heavy atom. The first-order valence-corrected chi connectivity index (χ1v) is 13.9. The molecule has 196 valence electrons. The maximum atomic E-state index is 3.24. The topological polar surface area (TPSA) is 15.3 Å². The van der Waals surface area contributed by atoms with Gasteiger partial charge in [0.1, 0.15) is 0 Å². The summed E-state index contributed by atoms with van der Waals surface area (Å²) in [5.74, 6) is 0. The van der Waals surface area contributed by atoms with Crippen molar-refractivity contribution in [2.45, 2.75) is 78.7 Å². The maximum Gasteiger partial charge on any atom is 0.0205 e. The fraction of sp³-hybridized carbons (Fsp3) is 0.471. The summed E-state index contributed by atoms with van der Waals surface area (Å²) in [7, 11) is 2.00. The van der Waals surface area contributed by atoms with E-state index in [1.807, 2.05) is 7.05 Å². The zero-order valence-corrected chi connectivity index (χ0v) is 23.8. The molecule has 36 heavy (non-hydrogen) atoms. The predicted octanol–water partition coefficient (Wildman–Crippen LogP) is 8.04. The summed E-state index contributed by atoms with van der Waals surface area (Å²) in [6.45, 7) is 16.2. The van der Waals surface area contributed by atoms with Gasteiger partial charge in [0.05, 0.1) is 0 Å². The third kappa shape index (κ3) is 11.1. The van der Waals surface area contributed by atoms with E-state index in [0.29, 0.717) is 0 Å². The highest BCUT2D eigenvalue weighted by Gasteiger charge is 2.14. The summed E-state index contributed by atoms with van der Waals surface area (Å²) in [5, 5.41) is 3.24. The monoisotopic (exact) mass is 486 g/mol. The molecule has 1 fully saturated rings. The van der Waals surface area contributed by atoms with E-state index in [0.717, 1.165) is 19.4 Å². The van der Waals surface area contributed by atoms with Crippen molar-refractivity contribution in [3.05, 3.63) is 107 Å². The summed E-state index contributed by atoms with van der Waals surface area (Å²) in [4.78, 5) is 2.54. The highest BCUT2D eigenvalue weighted by molar-refractivity contribution is 5.35. The van der Waals surface area contributed by atoms with Gasteiger partial charge in [0.2, 0.25) is 0 Å². The quantitative estimate of drug-likeness (QED) is 0.363. The van der Waals surface area contributed by atoms with Crippen LogP contribution in [0.1, 0.15) is 81.7 Å². The van der Waals surface area contributed by atoms with Gasteiger partial charge in [-0.2, -0.15) is 0 Å². The molecule has 0 spiro atoms. The lowest BCUT2D eigenvalue weighted by molar-refractivity contribution is 0.339. The molecule has 2 heteroatoms. The van der Waals surface area contributed by atoms with Crippen molar-refractivity contribution in [3.63, 3.8) is 0 Å². The van der Waals surface area contributed by atoms with Gasteiger partial charge in [0.25, 0.3) is 0 Å². The van der Waals surface area contributed by atoms with Crippen molar-refractivity contribution in [2.75, 3.05) is 26.7 Å². The second kappa shape index (κ2) is 16.3. The normalized spacial score (nSPS) is 13.4. The van der Waals surface area contributed by atoms with Gasteiger partial charge in [-0.25, -0.2) is 0 Å². The summed E-state index contributed by atoms with van der Waals surface area (Å²) < 4.78 is 0. The average Bonchev–Trinajstić information content (AvgIpc) is 3.39. The molecule has 0 radical (unpaired) electrons. The van der Waals surface area contributed by atoms with Crippen molar-refractivity contribution >= 4 is 0 Å². The number of nitrogens with zero attached hydrogens (tertiary/aromatic N) is 1. The lowest BCUT2D eigenvalue weighted by Crippen LogP contribution is -2.19. The van der Waals surface area contributed by atoms with E-state index >= 15 is 0 Å². The molecule has 0 amide bonds. The van der Waals surface area contributed by atoms with Crippen LogP contribution in [0.25, 0.3) is 0 Å². The second-order valence-corrected chi connectivity index (χ2v) is 10.8. The minimum absolute atomic E-state index is 0.245. The van der Waals surface area contributed by atoms with Crippen molar-refractivity contribution in [1.29, 1.82) is 0 Å². The zero-order chi connectivity index (χ0) is 26.2. The molecule has 1 heterocycles. The van der Waals surface area contributed by atoms with Crippen LogP contribution in [-0.4, -0.2) is 31.6 Å². The molecule has 4 rings (SSSR count). The Kier molecular flexibility index (Phi) is 13.5. The van der Waals surface area contributed by atoms with Crippen LogP contribution in [0.3, 0.4) is 0 Å². The lowest BCUT2D eigenvalue weighted by Gasteiger charge is -2.21. The molecular weight excluding hydrogens is 436 g/mol. The molecule has 1 aliphatic rings. The number of hydrogen-bond acceptors (Lipinski definition) is 2. The Morgan fingerprint density at radius 2 is 1.31 bits per heavy atom. The molecule has 0 saturated carbocycles. The minimum Gasteiger partial charge on any atom is -0.316 e. The van der Waals surface area contributed by atoms with Gasteiger partial charge in [0, 0.05) is 6.54 Å². The molecule has 0 atom stereocenters. The molecule has 1 saturated heterocycles. The SMILES string of the molecule is CCCN1CCCC1.CCc1ccc(C(C)(C)C)cc1CNC.c1ccc(Cc2ccccc2)cc1. The van der Waals surface area contributed by atoms with Gasteiger partial charge in [-0.15, -0.1) is 0 Å². The fourth-order valence-corrected chi connectivity index (χ4v) is 4.54. The van der Waals surface area contributed by atoms with Crippen molar-refractivity contribution < 1.29 is 0 Å². The number of rotatable bonds is 7. The molecule has 0 bridgehead atoms. The highest BCUT2D eigenvalue weighted by Crippen LogP contribution is 2.24. The van der Waals surface area contributed by atoms with Gasteiger partial charge in [-0.1, -0.05) is 113 Å². The van der Waals surface area contributed by atoms with Crippen molar-refractivity contribution in [1.82, 2.24) is 10.2 Å². The van der Waals surface area contributed by atoms with Gasteiger partial charge < -0.3 is 10.2 Å². The number of benzene rings is 3. The lowest BCUT2D eigenvalue weighted by atomic mass is 9.85. The molecule has 1 N–H and O–H groups in total. The van der Waals surface area contributed by atoms with E-state index in [2.05, 4.69) is 124 Å². The molecule has 3 aromatic carbocycles. The molecular formula is C34H50N2. The van der Waals surface area contributed by atoms with Crippen LogP contribution in [0.2, 0.25) is 0 Å². The van der Waals surface area contributed by atoms with E-state index in [1.165, 1.54) is 66.7 Å². The Balaban J connectivity index is 0.000000198. The summed E-state index contributed by atoms with van der Waals surface area (Å²) in [6, 6.07) is 27.9. The zero-order valence-electron chi connectivity index (χ0n) is 23.8. The van der Waals surface area contributed by atoms with Crippen LogP contribution in [0.4, 0.5) is 0 Å². The van der Waals surface area contributed by atoms with Crippen LogP contribution >= 0.6 is 0 Å². The largest absolute Gasteiger partial charge is 0.316 e. The molecule has 2 nitrogen and oxygen atoms in total. The van der Waals surface area contributed by atoms with Gasteiger partial charge >= 0.3 is 0 Å². The standard InChI is InChI=1S/C14H23N.C13H12.C7H15N/c1-6-11-7-8-13(14(2,3)4)9-12(11)10-15-5;1-3-7-12(8-4-1)11-13-9-5-2-6-10-13;1-2-5-8-6-3-4-7-8/h7-9,15H,6,10H2,1-5H3;1-10H,11H2;2-7H2,1H3. The van der Waals surface area contributed by atoms with E-state index in [9.17, 15) is 0 Å². The summed E-state index contributed by atoms with van der Waals surface area (Å²) in [6.07, 6.45) is 6.32. The van der Waals surface area contributed by atoms with E-state index in [1.54, 1.807) is 0 Å². The van der Waals surface area contributed by atoms with Crippen LogP contribution in [0.15, 0.2) is 78.9 Å². The maximum absolute atomic E-state index is 3.24. The molecule has 0 aliphatic carbocycles. The Morgan fingerprint density at radius 1 is 0.750 bits per heavy atom. The molecule has 1 aliphatic heterocycles. The van der Waals surface area contributed by atoms with E-state index in [-0.39, 0.29) is 5.41 Å². The van der Waals surface area contributed by atoms with E-state index < -0.39 is 0 Å². The molecule has 0 unspecified atom stereocenters. The Labute approximate surface area is 222 Å². The summed E-state index contributed by atoms with van der Waals surface area (Å²) in [5.41, 5.74) is 7.30. The predicted molar refractivity (Wildman–Crippen MR) is 159 cm³/mol. The van der Waals surface area contributed by atoms with E-state index in [4.69, 9.17) is 0 Å². The second-order valence-electron chi connectivity index (χ2n) is 10.8. The van der Waals surface area contributed by atoms with Crippen LogP contribution in [-0.2, 0) is 24.8 Å². The van der Waals surface area contributed by atoms with Gasteiger partial charge in [-0.05, 0) is 92.0 Å².